The van der Waals surface area contributed by atoms with Gasteiger partial charge in [-0.1, -0.05) is 18.2 Å². The number of nitrogens with zero attached hydrogens (tertiary/aromatic N) is 1. The number of ether oxygens (including phenoxy) is 1. The maximum Gasteiger partial charge on any atom is 0.110 e. The second-order valence-electron chi connectivity index (χ2n) is 7.05. The third-order valence-electron chi connectivity index (χ3n) is 5.22. The van der Waals surface area contributed by atoms with Crippen LogP contribution >= 0.6 is 0 Å². The van der Waals surface area contributed by atoms with Gasteiger partial charge in [0.25, 0.3) is 0 Å². The lowest BCUT2D eigenvalue weighted by Crippen LogP contribution is -2.41. The van der Waals surface area contributed by atoms with E-state index in [0.717, 1.165) is 38.1 Å². The first-order chi connectivity index (χ1) is 11.1. The predicted octanol–water partition coefficient (Wildman–Crippen LogP) is 2.91. The minimum atomic E-state index is -0.437. The van der Waals surface area contributed by atoms with Gasteiger partial charge in [0.15, 0.2) is 0 Å². The number of fused-ring (bicyclic) bond motifs is 3. The molecule has 2 unspecified atom stereocenters. The van der Waals surface area contributed by atoms with E-state index < -0.39 is 5.60 Å². The highest BCUT2D eigenvalue weighted by atomic mass is 16.5. The molecule has 23 heavy (non-hydrogen) atoms. The molecule has 1 aromatic heterocycles. The predicted molar refractivity (Wildman–Crippen MR) is 93.7 cm³/mol. The quantitative estimate of drug-likeness (QED) is 0.861. The number of nitrogens with one attached hydrogen (secondary N) is 1. The summed E-state index contributed by atoms with van der Waals surface area (Å²) in [6, 6.07) is 8.44. The van der Waals surface area contributed by atoms with Crippen LogP contribution in [-0.2, 0) is 16.8 Å². The average Bonchev–Trinajstić information content (AvgIpc) is 2.92. The number of rotatable bonds is 6. The van der Waals surface area contributed by atoms with Crippen molar-refractivity contribution in [2.24, 2.45) is 5.92 Å². The van der Waals surface area contributed by atoms with Crippen LogP contribution in [0.25, 0.3) is 10.9 Å². The summed E-state index contributed by atoms with van der Waals surface area (Å²) in [5, 5.41) is 11.3. The van der Waals surface area contributed by atoms with E-state index in [1.165, 1.54) is 16.5 Å². The van der Waals surface area contributed by atoms with Crippen molar-refractivity contribution < 1.29 is 9.84 Å². The Morgan fingerprint density at radius 2 is 2.13 bits per heavy atom. The molecule has 0 spiro atoms. The monoisotopic (exact) mass is 316 g/mol. The second-order valence-corrected chi connectivity index (χ2v) is 7.05. The summed E-state index contributed by atoms with van der Waals surface area (Å²) in [7, 11) is 4.17. The first kappa shape index (κ1) is 16.5. The topological polar surface area (TPSA) is 48.5 Å². The van der Waals surface area contributed by atoms with Gasteiger partial charge in [-0.15, -0.1) is 0 Å². The molecule has 4 heteroatoms. The van der Waals surface area contributed by atoms with Crippen molar-refractivity contribution in [3.05, 3.63) is 35.5 Å². The molecule has 2 heterocycles. The number of aromatic nitrogens is 1. The number of aromatic amines is 1. The molecular formula is C19H28N2O2. The van der Waals surface area contributed by atoms with Crippen LogP contribution in [0.1, 0.15) is 31.0 Å². The van der Waals surface area contributed by atoms with Gasteiger partial charge in [-0.25, -0.2) is 0 Å². The highest BCUT2D eigenvalue weighted by molar-refractivity contribution is 5.85. The summed E-state index contributed by atoms with van der Waals surface area (Å²) >= 11 is 0. The minimum Gasteiger partial charge on any atom is -0.396 e. The van der Waals surface area contributed by atoms with E-state index in [0.29, 0.717) is 0 Å². The summed E-state index contributed by atoms with van der Waals surface area (Å²) in [4.78, 5) is 5.76. The molecule has 0 saturated carbocycles. The molecule has 0 bridgehead atoms. The van der Waals surface area contributed by atoms with Gasteiger partial charge in [0.2, 0.25) is 0 Å². The molecule has 0 amide bonds. The summed E-state index contributed by atoms with van der Waals surface area (Å²) in [5.74, 6) is 0.106. The van der Waals surface area contributed by atoms with Crippen molar-refractivity contribution in [3.8, 4) is 0 Å². The zero-order chi connectivity index (χ0) is 16.4. The van der Waals surface area contributed by atoms with E-state index in [-0.39, 0.29) is 12.5 Å². The summed E-state index contributed by atoms with van der Waals surface area (Å²) in [6.45, 7) is 4.04. The Morgan fingerprint density at radius 3 is 2.87 bits per heavy atom. The number of para-hydroxylation sites is 1. The fraction of sp³-hybridized carbons (Fsp3) is 0.579. The second kappa shape index (κ2) is 6.63. The fourth-order valence-electron chi connectivity index (χ4n) is 3.84. The Morgan fingerprint density at radius 1 is 1.35 bits per heavy atom. The number of hydrogen-bond donors (Lipinski definition) is 2. The molecule has 3 rings (SSSR count). The summed E-state index contributed by atoms with van der Waals surface area (Å²) < 4.78 is 6.23. The Hall–Kier alpha value is -1.36. The van der Waals surface area contributed by atoms with E-state index in [4.69, 9.17) is 4.74 Å². The zero-order valence-electron chi connectivity index (χ0n) is 14.4. The average molecular weight is 316 g/mol. The number of aliphatic hydroxyl groups excluding tert-OH is 1. The number of H-pyrrole nitrogens is 1. The maximum absolute atomic E-state index is 10.0. The van der Waals surface area contributed by atoms with Crippen molar-refractivity contribution in [1.29, 1.82) is 0 Å². The van der Waals surface area contributed by atoms with Gasteiger partial charge in [0.1, 0.15) is 5.60 Å². The molecule has 0 aliphatic carbocycles. The fourth-order valence-corrected chi connectivity index (χ4v) is 3.84. The van der Waals surface area contributed by atoms with Crippen LogP contribution in [0, 0.1) is 5.92 Å². The lowest BCUT2D eigenvalue weighted by molar-refractivity contribution is -0.106. The van der Waals surface area contributed by atoms with Gasteiger partial charge in [0.05, 0.1) is 12.3 Å². The van der Waals surface area contributed by atoms with Crippen LogP contribution < -0.4 is 0 Å². The normalized spacial score (nSPS) is 22.5. The van der Waals surface area contributed by atoms with E-state index in [1.807, 2.05) is 0 Å². The first-order valence-corrected chi connectivity index (χ1v) is 8.56. The first-order valence-electron chi connectivity index (χ1n) is 8.56. The molecule has 4 nitrogen and oxygen atoms in total. The van der Waals surface area contributed by atoms with Crippen LogP contribution in [-0.4, -0.2) is 48.8 Å². The largest absolute Gasteiger partial charge is 0.396 e. The van der Waals surface area contributed by atoms with E-state index >= 15 is 0 Å². The van der Waals surface area contributed by atoms with E-state index in [2.05, 4.69) is 55.2 Å². The maximum atomic E-state index is 10.0. The lowest BCUT2D eigenvalue weighted by atomic mass is 9.80. The number of aliphatic hydroxyl groups is 1. The molecule has 2 aromatic rings. The number of hydrogen-bond acceptors (Lipinski definition) is 3. The molecule has 2 N–H and O–H groups in total. The van der Waals surface area contributed by atoms with Crippen LogP contribution in [0.2, 0.25) is 0 Å². The molecule has 1 aromatic carbocycles. The Balaban J connectivity index is 1.92. The van der Waals surface area contributed by atoms with Gasteiger partial charge in [0, 0.05) is 23.4 Å². The van der Waals surface area contributed by atoms with Crippen molar-refractivity contribution in [3.63, 3.8) is 0 Å². The molecule has 2 atom stereocenters. The molecule has 1 aliphatic rings. The van der Waals surface area contributed by atoms with Crippen LogP contribution in [0.4, 0.5) is 0 Å². The van der Waals surface area contributed by atoms with Gasteiger partial charge >= 0.3 is 0 Å². The smallest absolute Gasteiger partial charge is 0.110 e. The molecular weight excluding hydrogens is 288 g/mol. The molecule has 0 fully saturated rings. The van der Waals surface area contributed by atoms with Crippen molar-refractivity contribution >= 4 is 10.9 Å². The van der Waals surface area contributed by atoms with Gasteiger partial charge in [-0.2, -0.15) is 0 Å². The Kier molecular flexibility index (Phi) is 4.76. The van der Waals surface area contributed by atoms with E-state index in [9.17, 15) is 5.11 Å². The van der Waals surface area contributed by atoms with Gasteiger partial charge < -0.3 is 19.7 Å². The lowest BCUT2D eigenvalue weighted by Gasteiger charge is -2.40. The SMILES string of the molecule is CN(C)CCCC(CO)C1(C)OCCc2c1[nH]c1ccccc21. The van der Waals surface area contributed by atoms with Gasteiger partial charge in [-0.3, -0.25) is 0 Å². The third-order valence-corrected chi connectivity index (χ3v) is 5.22. The van der Waals surface area contributed by atoms with Crippen LogP contribution in [0.15, 0.2) is 24.3 Å². The van der Waals surface area contributed by atoms with Crippen LogP contribution in [0.3, 0.4) is 0 Å². The molecule has 0 saturated heterocycles. The Labute approximate surface area is 138 Å². The molecule has 126 valence electrons. The highest BCUT2D eigenvalue weighted by Gasteiger charge is 2.42. The van der Waals surface area contributed by atoms with Crippen LogP contribution in [0.5, 0.6) is 0 Å². The molecule has 0 radical (unpaired) electrons. The van der Waals surface area contributed by atoms with Crippen molar-refractivity contribution in [2.75, 3.05) is 33.9 Å². The van der Waals surface area contributed by atoms with Crippen molar-refractivity contribution in [2.45, 2.75) is 31.8 Å². The third kappa shape index (κ3) is 3.03. The highest BCUT2D eigenvalue weighted by Crippen LogP contribution is 2.42. The van der Waals surface area contributed by atoms with Crippen molar-refractivity contribution in [1.82, 2.24) is 9.88 Å². The molecule has 1 aliphatic heterocycles. The van der Waals surface area contributed by atoms with E-state index in [1.54, 1.807) is 0 Å². The standard InChI is InChI=1S/C19H28N2O2/c1-19(14(13-22)7-6-11-21(2)3)18-16(10-12-23-19)15-8-4-5-9-17(15)20-18/h4-5,8-9,14,20,22H,6-7,10-13H2,1-3H3. The minimum absolute atomic E-state index is 0.106. The summed E-state index contributed by atoms with van der Waals surface area (Å²) in [5.41, 5.74) is 3.25. The summed E-state index contributed by atoms with van der Waals surface area (Å²) in [6.07, 6.45) is 2.96. The van der Waals surface area contributed by atoms with Gasteiger partial charge in [-0.05, 0) is 58.5 Å². The zero-order valence-corrected chi connectivity index (χ0v) is 14.4. The number of benzene rings is 1. The Bertz CT molecular complexity index is 664.